The standard InChI is InChI=1S/C21H23N5O2S/c1-14-13-29-21(22-14)23-20(27)15-6-5-11-26(12-15)19-10-9-17(24-25-19)16-7-3-4-8-18(16)28-2/h3-4,7-10,13,15H,5-6,11-12H2,1-2H3,(H,22,23,27)/t15-/m1/s1. The van der Waals surface area contributed by atoms with Gasteiger partial charge in [-0.1, -0.05) is 12.1 Å². The molecule has 3 heterocycles. The maximum Gasteiger partial charge on any atom is 0.231 e. The smallest absolute Gasteiger partial charge is 0.231 e. The molecule has 29 heavy (non-hydrogen) atoms. The van der Waals surface area contributed by atoms with Crippen molar-refractivity contribution < 1.29 is 9.53 Å². The van der Waals surface area contributed by atoms with Crippen molar-refractivity contribution >= 4 is 28.2 Å². The Balaban J connectivity index is 1.45. The lowest BCUT2D eigenvalue weighted by atomic mass is 9.97. The zero-order chi connectivity index (χ0) is 20.2. The van der Waals surface area contributed by atoms with E-state index in [-0.39, 0.29) is 11.8 Å². The lowest BCUT2D eigenvalue weighted by Crippen LogP contribution is -2.41. The summed E-state index contributed by atoms with van der Waals surface area (Å²) in [6.45, 7) is 3.41. The molecule has 1 atom stereocenters. The molecule has 1 N–H and O–H groups in total. The van der Waals surface area contributed by atoms with Crippen LogP contribution in [0.1, 0.15) is 18.5 Å². The summed E-state index contributed by atoms with van der Waals surface area (Å²) in [6, 6.07) is 11.6. The predicted molar refractivity (Wildman–Crippen MR) is 114 cm³/mol. The zero-order valence-corrected chi connectivity index (χ0v) is 17.3. The first kappa shape index (κ1) is 19.3. The maximum absolute atomic E-state index is 12.6. The first-order chi connectivity index (χ1) is 14.1. The van der Waals surface area contributed by atoms with Crippen molar-refractivity contribution in [3.05, 3.63) is 47.5 Å². The number of anilines is 2. The fraction of sp³-hybridized carbons (Fsp3) is 0.333. The summed E-state index contributed by atoms with van der Waals surface area (Å²) < 4.78 is 5.41. The Kier molecular flexibility index (Phi) is 5.71. The highest BCUT2D eigenvalue weighted by Gasteiger charge is 2.27. The number of aryl methyl sites for hydroxylation is 1. The monoisotopic (exact) mass is 409 g/mol. The van der Waals surface area contributed by atoms with E-state index in [1.165, 1.54) is 11.3 Å². The lowest BCUT2D eigenvalue weighted by molar-refractivity contribution is -0.120. The van der Waals surface area contributed by atoms with Crippen LogP contribution in [0.3, 0.4) is 0 Å². The number of piperidine rings is 1. The van der Waals surface area contributed by atoms with Gasteiger partial charge in [-0.3, -0.25) is 4.79 Å². The molecule has 1 aliphatic heterocycles. The number of ether oxygens (including phenoxy) is 1. The van der Waals surface area contributed by atoms with Crippen molar-refractivity contribution in [2.75, 3.05) is 30.4 Å². The van der Waals surface area contributed by atoms with Crippen LogP contribution in [0.15, 0.2) is 41.8 Å². The number of methoxy groups -OCH3 is 1. The van der Waals surface area contributed by atoms with Crippen LogP contribution in [-0.4, -0.2) is 41.3 Å². The maximum atomic E-state index is 12.6. The van der Waals surface area contributed by atoms with Crippen LogP contribution in [0.25, 0.3) is 11.3 Å². The number of carbonyl (C=O) groups is 1. The second-order valence-electron chi connectivity index (χ2n) is 7.05. The van der Waals surface area contributed by atoms with Crippen molar-refractivity contribution in [3.8, 4) is 17.0 Å². The summed E-state index contributed by atoms with van der Waals surface area (Å²) in [6.07, 6.45) is 1.80. The highest BCUT2D eigenvalue weighted by atomic mass is 32.1. The number of hydrogen-bond donors (Lipinski definition) is 1. The fourth-order valence-corrected chi connectivity index (χ4v) is 4.20. The number of aromatic nitrogens is 3. The Morgan fingerprint density at radius 3 is 2.83 bits per heavy atom. The Labute approximate surface area is 173 Å². The Morgan fingerprint density at radius 2 is 2.10 bits per heavy atom. The molecule has 1 aromatic carbocycles. The minimum absolute atomic E-state index is 0.0163. The van der Waals surface area contributed by atoms with Gasteiger partial charge in [-0.2, -0.15) is 0 Å². The number of rotatable bonds is 5. The second-order valence-corrected chi connectivity index (χ2v) is 7.90. The quantitative estimate of drug-likeness (QED) is 0.691. The van der Waals surface area contributed by atoms with Crippen LogP contribution in [0, 0.1) is 12.8 Å². The summed E-state index contributed by atoms with van der Waals surface area (Å²) in [5, 5.41) is 14.3. The number of carbonyl (C=O) groups excluding carboxylic acids is 1. The van der Waals surface area contributed by atoms with E-state index in [2.05, 4.69) is 25.4 Å². The van der Waals surface area contributed by atoms with E-state index in [1.54, 1.807) is 7.11 Å². The van der Waals surface area contributed by atoms with Crippen LogP contribution in [0.5, 0.6) is 5.75 Å². The van der Waals surface area contributed by atoms with Crippen LogP contribution in [0.4, 0.5) is 10.9 Å². The van der Waals surface area contributed by atoms with Crippen LogP contribution in [-0.2, 0) is 4.79 Å². The molecule has 1 saturated heterocycles. The van der Waals surface area contributed by atoms with Gasteiger partial charge in [0.15, 0.2) is 10.9 Å². The second kappa shape index (κ2) is 8.57. The normalized spacial score (nSPS) is 16.5. The number of para-hydroxylation sites is 1. The van der Waals surface area contributed by atoms with Gasteiger partial charge in [-0.25, -0.2) is 4.98 Å². The third-order valence-corrected chi connectivity index (χ3v) is 5.87. The van der Waals surface area contributed by atoms with Crippen LogP contribution < -0.4 is 15.0 Å². The van der Waals surface area contributed by atoms with Gasteiger partial charge < -0.3 is 15.0 Å². The van der Waals surface area contributed by atoms with Gasteiger partial charge in [-0.05, 0) is 44.0 Å². The topological polar surface area (TPSA) is 80.2 Å². The summed E-state index contributed by atoms with van der Waals surface area (Å²) >= 11 is 1.45. The van der Waals surface area contributed by atoms with Crippen LogP contribution >= 0.6 is 11.3 Å². The Morgan fingerprint density at radius 1 is 1.24 bits per heavy atom. The third-order valence-electron chi connectivity index (χ3n) is 5.00. The van der Waals surface area contributed by atoms with Gasteiger partial charge in [0.25, 0.3) is 0 Å². The van der Waals surface area contributed by atoms with E-state index in [0.717, 1.165) is 47.9 Å². The SMILES string of the molecule is COc1ccccc1-c1ccc(N2CCC[C@@H](C(=O)Nc3nc(C)cs3)C2)nn1. The summed E-state index contributed by atoms with van der Waals surface area (Å²) in [7, 11) is 1.65. The molecule has 1 fully saturated rings. The van der Waals surface area contributed by atoms with Gasteiger partial charge in [-0.15, -0.1) is 21.5 Å². The minimum Gasteiger partial charge on any atom is -0.496 e. The zero-order valence-electron chi connectivity index (χ0n) is 16.5. The number of amides is 1. The third kappa shape index (κ3) is 4.37. The van der Waals surface area contributed by atoms with E-state index >= 15 is 0 Å². The van der Waals surface area contributed by atoms with E-state index in [4.69, 9.17) is 4.74 Å². The molecule has 1 aliphatic rings. The summed E-state index contributed by atoms with van der Waals surface area (Å²) in [5.41, 5.74) is 2.58. The molecule has 150 valence electrons. The van der Waals surface area contributed by atoms with Crippen LogP contribution in [0.2, 0.25) is 0 Å². The molecular weight excluding hydrogens is 386 g/mol. The van der Waals surface area contributed by atoms with E-state index in [0.29, 0.717) is 11.7 Å². The predicted octanol–water partition coefficient (Wildman–Crippen LogP) is 3.77. The van der Waals surface area contributed by atoms with E-state index in [1.807, 2.05) is 48.7 Å². The average molecular weight is 410 g/mol. The number of benzene rings is 1. The molecule has 0 saturated carbocycles. The molecule has 0 unspecified atom stereocenters. The highest BCUT2D eigenvalue weighted by Crippen LogP contribution is 2.29. The number of nitrogens with zero attached hydrogens (tertiary/aromatic N) is 4. The Bertz CT molecular complexity index is 989. The van der Waals surface area contributed by atoms with Crippen molar-refractivity contribution in [1.29, 1.82) is 0 Å². The molecular formula is C21H23N5O2S. The molecule has 4 rings (SSSR count). The van der Waals surface area contributed by atoms with E-state index in [9.17, 15) is 4.79 Å². The van der Waals surface area contributed by atoms with E-state index < -0.39 is 0 Å². The fourth-order valence-electron chi connectivity index (χ4n) is 3.51. The number of nitrogens with one attached hydrogen (secondary N) is 1. The number of hydrogen-bond acceptors (Lipinski definition) is 7. The molecule has 1 amide bonds. The van der Waals surface area contributed by atoms with Gasteiger partial charge in [0.2, 0.25) is 5.91 Å². The van der Waals surface area contributed by atoms with Gasteiger partial charge >= 0.3 is 0 Å². The van der Waals surface area contributed by atoms with Crippen molar-refractivity contribution in [2.45, 2.75) is 19.8 Å². The number of thiazole rings is 1. The molecule has 2 aromatic heterocycles. The van der Waals surface area contributed by atoms with Gasteiger partial charge in [0.05, 0.1) is 24.4 Å². The molecule has 0 spiro atoms. The molecule has 0 aliphatic carbocycles. The summed E-state index contributed by atoms with van der Waals surface area (Å²) in [5.74, 6) is 1.47. The van der Waals surface area contributed by atoms with Gasteiger partial charge in [0.1, 0.15) is 5.75 Å². The molecule has 0 bridgehead atoms. The average Bonchev–Trinajstić information content (AvgIpc) is 3.18. The minimum atomic E-state index is -0.0938. The molecule has 8 heteroatoms. The first-order valence-corrected chi connectivity index (χ1v) is 10.5. The van der Waals surface area contributed by atoms with Gasteiger partial charge in [0, 0.05) is 24.0 Å². The molecule has 0 radical (unpaired) electrons. The lowest BCUT2D eigenvalue weighted by Gasteiger charge is -2.32. The largest absolute Gasteiger partial charge is 0.496 e. The van der Waals surface area contributed by atoms with Crippen molar-refractivity contribution in [1.82, 2.24) is 15.2 Å². The summed E-state index contributed by atoms with van der Waals surface area (Å²) in [4.78, 5) is 19.1. The Hall–Kier alpha value is -3.00. The highest BCUT2D eigenvalue weighted by molar-refractivity contribution is 7.13. The van der Waals surface area contributed by atoms with Crippen molar-refractivity contribution in [2.24, 2.45) is 5.92 Å². The van der Waals surface area contributed by atoms with Crippen molar-refractivity contribution in [3.63, 3.8) is 0 Å². The first-order valence-electron chi connectivity index (χ1n) is 9.59. The molecule has 3 aromatic rings. The molecule has 7 nitrogen and oxygen atoms in total.